The maximum atomic E-state index is 11.5. The zero-order chi connectivity index (χ0) is 28.6. The molecule has 202 valence electrons. The highest BCUT2D eigenvalue weighted by atomic mass is 16.6. The number of nitro benzene ring substituents is 4. The summed E-state index contributed by atoms with van der Waals surface area (Å²) in [5, 5.41) is 68.4. The van der Waals surface area contributed by atoms with Crippen molar-refractivity contribution < 1.29 is 39.5 Å². The average molecular weight is 536 g/mol. The first-order valence-corrected chi connectivity index (χ1v) is 10.7. The minimum atomic E-state index is -1.59. The fraction of sp³-hybridized carbons (Fsp3) is 0.300. The van der Waals surface area contributed by atoms with Gasteiger partial charge in [-0.25, -0.2) is 9.59 Å². The highest BCUT2D eigenvalue weighted by Crippen LogP contribution is 2.34. The molecule has 0 fully saturated rings. The Labute approximate surface area is 211 Å². The summed E-state index contributed by atoms with van der Waals surface area (Å²) in [5.74, 6) is -3.18. The molecule has 0 radical (unpaired) electrons. The minimum Gasteiger partial charge on any atom is -0.478 e. The van der Waals surface area contributed by atoms with Crippen LogP contribution in [0.5, 0.6) is 0 Å². The van der Waals surface area contributed by atoms with Gasteiger partial charge in [-0.05, 0) is 12.8 Å². The zero-order valence-electron chi connectivity index (χ0n) is 19.3. The Balaban J connectivity index is 1.98. The first-order valence-electron chi connectivity index (χ1n) is 10.7. The van der Waals surface area contributed by atoms with Gasteiger partial charge in [0.1, 0.15) is 11.4 Å². The molecule has 0 unspecified atom stereocenters. The van der Waals surface area contributed by atoms with Crippen LogP contribution in [0.4, 0.5) is 34.1 Å². The molecule has 0 atom stereocenters. The molecule has 0 aliphatic rings. The van der Waals surface area contributed by atoms with Crippen molar-refractivity contribution in [1.82, 2.24) is 0 Å². The Morgan fingerprint density at radius 3 is 1.21 bits per heavy atom. The van der Waals surface area contributed by atoms with Crippen LogP contribution in [0.1, 0.15) is 46.4 Å². The van der Waals surface area contributed by atoms with Crippen LogP contribution in [0.15, 0.2) is 24.3 Å². The summed E-state index contributed by atoms with van der Waals surface area (Å²) in [7, 11) is 0. The molecule has 0 spiro atoms. The molecular formula is C20H20N6O12. The van der Waals surface area contributed by atoms with Crippen LogP contribution >= 0.6 is 0 Å². The van der Waals surface area contributed by atoms with Crippen molar-refractivity contribution in [1.29, 1.82) is 0 Å². The number of rotatable bonds is 15. The first-order chi connectivity index (χ1) is 17.8. The van der Waals surface area contributed by atoms with Crippen LogP contribution in [0.3, 0.4) is 0 Å². The number of carboxylic acid groups (broad SMARTS) is 2. The molecule has 0 saturated carbocycles. The number of carboxylic acids is 2. The number of benzene rings is 2. The SMILES string of the molecule is O=C(O)c1cc([N+](=O)[O-])cc([N+](=O)[O-])c1NCCCCCCNc1c(C(=O)O)cc([N+](=O)[O-])cc1[N+](=O)[O-]. The maximum absolute atomic E-state index is 11.5. The van der Waals surface area contributed by atoms with Gasteiger partial charge in [0.2, 0.25) is 0 Å². The van der Waals surface area contributed by atoms with E-state index in [4.69, 9.17) is 0 Å². The molecule has 0 aliphatic heterocycles. The predicted molar refractivity (Wildman–Crippen MR) is 129 cm³/mol. The predicted octanol–water partition coefficient (Wildman–Crippen LogP) is 3.80. The smallest absolute Gasteiger partial charge is 0.338 e. The summed E-state index contributed by atoms with van der Waals surface area (Å²) in [4.78, 5) is 63.7. The van der Waals surface area contributed by atoms with E-state index in [1.165, 1.54) is 0 Å². The van der Waals surface area contributed by atoms with Gasteiger partial charge in [-0.15, -0.1) is 0 Å². The summed E-state index contributed by atoms with van der Waals surface area (Å²) >= 11 is 0. The van der Waals surface area contributed by atoms with Crippen LogP contribution < -0.4 is 10.6 Å². The van der Waals surface area contributed by atoms with Gasteiger partial charge in [0, 0.05) is 25.2 Å². The highest BCUT2D eigenvalue weighted by Gasteiger charge is 2.28. The summed E-state index contributed by atoms with van der Waals surface area (Å²) in [6, 6.07) is 2.74. The monoisotopic (exact) mass is 536 g/mol. The normalized spacial score (nSPS) is 10.4. The molecule has 2 rings (SSSR count). The fourth-order valence-electron chi connectivity index (χ4n) is 3.46. The van der Waals surface area contributed by atoms with Crippen molar-refractivity contribution in [2.24, 2.45) is 0 Å². The molecule has 18 heteroatoms. The molecular weight excluding hydrogens is 516 g/mol. The number of hydrogen-bond acceptors (Lipinski definition) is 12. The van der Waals surface area contributed by atoms with Crippen LogP contribution in [0.25, 0.3) is 0 Å². The lowest BCUT2D eigenvalue weighted by atomic mass is 10.1. The second kappa shape index (κ2) is 12.5. The number of non-ortho nitro benzene ring substituents is 2. The zero-order valence-corrected chi connectivity index (χ0v) is 19.3. The molecule has 0 amide bonds. The number of hydrogen-bond donors (Lipinski definition) is 4. The average Bonchev–Trinajstić information content (AvgIpc) is 2.84. The van der Waals surface area contributed by atoms with E-state index in [1.54, 1.807) is 0 Å². The number of nitro groups is 4. The molecule has 0 heterocycles. The van der Waals surface area contributed by atoms with E-state index in [2.05, 4.69) is 10.6 Å². The van der Waals surface area contributed by atoms with E-state index in [0.717, 1.165) is 0 Å². The third-order valence-electron chi connectivity index (χ3n) is 5.19. The molecule has 0 aromatic heterocycles. The van der Waals surface area contributed by atoms with E-state index in [9.17, 15) is 60.3 Å². The number of anilines is 2. The van der Waals surface area contributed by atoms with Crippen molar-refractivity contribution in [3.63, 3.8) is 0 Å². The van der Waals surface area contributed by atoms with Crippen LogP contribution in [0, 0.1) is 40.5 Å². The van der Waals surface area contributed by atoms with Crippen molar-refractivity contribution >= 4 is 46.1 Å². The Hall–Kier alpha value is -5.42. The molecule has 18 nitrogen and oxygen atoms in total. The van der Waals surface area contributed by atoms with E-state index < -0.39 is 65.5 Å². The summed E-state index contributed by atoms with van der Waals surface area (Å²) in [5.41, 5.74) is -5.02. The maximum Gasteiger partial charge on any atom is 0.338 e. The van der Waals surface area contributed by atoms with Gasteiger partial charge >= 0.3 is 11.9 Å². The second-order valence-corrected chi connectivity index (χ2v) is 7.68. The summed E-state index contributed by atoms with van der Waals surface area (Å²) in [6.07, 6.45) is 1.80. The van der Waals surface area contributed by atoms with Crippen molar-refractivity contribution in [3.05, 3.63) is 75.8 Å². The Morgan fingerprint density at radius 2 is 0.947 bits per heavy atom. The molecule has 0 aliphatic carbocycles. The number of carbonyl (C=O) groups is 2. The molecule has 4 N–H and O–H groups in total. The van der Waals surface area contributed by atoms with Crippen LogP contribution in [-0.4, -0.2) is 54.9 Å². The molecule has 0 saturated heterocycles. The molecule has 2 aromatic carbocycles. The lowest BCUT2D eigenvalue weighted by Gasteiger charge is -2.11. The first kappa shape index (κ1) is 28.8. The third-order valence-corrected chi connectivity index (χ3v) is 5.19. The standard InChI is InChI=1S/C20H20N6O12/c27-19(28)13-7-11(23(31)32)9-15(25(35)36)17(13)21-5-3-1-2-4-6-22-18-14(20(29)30)8-12(24(33)34)10-16(18)26(37)38/h7-10,21-22H,1-6H2,(H,27,28)(H,29,30). The lowest BCUT2D eigenvalue weighted by Crippen LogP contribution is -2.12. The van der Waals surface area contributed by atoms with Gasteiger partial charge in [0.15, 0.2) is 0 Å². The van der Waals surface area contributed by atoms with E-state index in [0.29, 0.717) is 49.9 Å². The number of aromatic carboxylic acids is 2. The lowest BCUT2D eigenvalue weighted by molar-refractivity contribution is -0.393. The number of nitrogens with zero attached hydrogens (tertiary/aromatic N) is 4. The van der Waals surface area contributed by atoms with Crippen LogP contribution in [-0.2, 0) is 0 Å². The quantitative estimate of drug-likeness (QED) is 0.143. The van der Waals surface area contributed by atoms with Crippen LogP contribution in [0.2, 0.25) is 0 Å². The van der Waals surface area contributed by atoms with Gasteiger partial charge in [0.05, 0.1) is 43.0 Å². The van der Waals surface area contributed by atoms with Gasteiger partial charge in [-0.3, -0.25) is 40.5 Å². The van der Waals surface area contributed by atoms with E-state index in [-0.39, 0.29) is 24.5 Å². The Bertz CT molecular complexity index is 1140. The summed E-state index contributed by atoms with van der Waals surface area (Å²) in [6.45, 7) is 0.173. The Morgan fingerprint density at radius 1 is 0.605 bits per heavy atom. The molecule has 0 bridgehead atoms. The minimum absolute atomic E-state index is 0.0867. The van der Waals surface area contributed by atoms with Crippen molar-refractivity contribution in [3.8, 4) is 0 Å². The Kier molecular flexibility index (Phi) is 9.49. The fourth-order valence-corrected chi connectivity index (χ4v) is 3.46. The molecule has 2 aromatic rings. The van der Waals surface area contributed by atoms with Crippen molar-refractivity contribution in [2.75, 3.05) is 23.7 Å². The third kappa shape index (κ3) is 7.06. The highest BCUT2D eigenvalue weighted by molar-refractivity contribution is 5.98. The van der Waals surface area contributed by atoms with Crippen molar-refractivity contribution in [2.45, 2.75) is 25.7 Å². The van der Waals surface area contributed by atoms with Gasteiger partial charge in [-0.2, -0.15) is 0 Å². The summed E-state index contributed by atoms with van der Waals surface area (Å²) < 4.78 is 0. The molecule has 38 heavy (non-hydrogen) atoms. The number of unbranched alkanes of at least 4 members (excludes halogenated alkanes) is 3. The van der Waals surface area contributed by atoms with Gasteiger partial charge in [-0.1, -0.05) is 12.8 Å². The van der Waals surface area contributed by atoms with Gasteiger partial charge in [0.25, 0.3) is 22.7 Å². The van der Waals surface area contributed by atoms with E-state index in [1.807, 2.05) is 0 Å². The second-order valence-electron chi connectivity index (χ2n) is 7.68. The number of nitrogens with one attached hydrogen (secondary N) is 2. The van der Waals surface area contributed by atoms with E-state index >= 15 is 0 Å². The largest absolute Gasteiger partial charge is 0.478 e. The van der Waals surface area contributed by atoms with Gasteiger partial charge < -0.3 is 20.8 Å². The topological polar surface area (TPSA) is 271 Å².